The Morgan fingerprint density at radius 1 is 1.12 bits per heavy atom. The van der Waals surface area contributed by atoms with Crippen molar-refractivity contribution in [1.29, 1.82) is 0 Å². The number of aryl methyl sites for hydroxylation is 1. The quantitative estimate of drug-likeness (QED) is 0.593. The third kappa shape index (κ3) is 2.00. The van der Waals surface area contributed by atoms with Crippen molar-refractivity contribution >= 4 is 22.4 Å². The van der Waals surface area contributed by atoms with Crippen LogP contribution in [0.25, 0.3) is 27.7 Å². The van der Waals surface area contributed by atoms with Gasteiger partial charge in [-0.1, -0.05) is 6.07 Å². The molecule has 6 heteroatoms. The molecule has 0 saturated heterocycles. The average Bonchev–Trinajstić information content (AvgIpc) is 3.08. The van der Waals surface area contributed by atoms with Gasteiger partial charge in [0.1, 0.15) is 17.9 Å². The SMILES string of the molecule is CNc1cc2c(cn1)cc(-c1c(C)ccc(O)c1C)c1ncnn12. The van der Waals surface area contributed by atoms with E-state index in [1.54, 1.807) is 12.4 Å². The Hall–Kier alpha value is -3.15. The maximum Gasteiger partial charge on any atom is 0.163 e. The number of rotatable bonds is 2. The molecule has 2 N–H and O–H groups in total. The smallest absolute Gasteiger partial charge is 0.163 e. The molecule has 0 fully saturated rings. The first-order chi connectivity index (χ1) is 11.6. The molecule has 24 heavy (non-hydrogen) atoms. The van der Waals surface area contributed by atoms with Crippen LogP contribution in [0.4, 0.5) is 5.82 Å². The van der Waals surface area contributed by atoms with Crippen molar-refractivity contribution in [3.8, 4) is 16.9 Å². The molecule has 0 bridgehead atoms. The molecule has 3 aromatic heterocycles. The lowest BCUT2D eigenvalue weighted by atomic mass is 9.95. The highest BCUT2D eigenvalue weighted by Gasteiger charge is 2.16. The van der Waals surface area contributed by atoms with Crippen LogP contribution in [0.3, 0.4) is 0 Å². The summed E-state index contributed by atoms with van der Waals surface area (Å²) in [4.78, 5) is 8.83. The summed E-state index contributed by atoms with van der Waals surface area (Å²) >= 11 is 0. The second kappa shape index (κ2) is 5.19. The topological polar surface area (TPSA) is 75.3 Å². The number of aromatic nitrogens is 4. The Bertz CT molecular complexity index is 1080. The number of anilines is 1. The van der Waals surface area contributed by atoms with Crippen LogP contribution >= 0.6 is 0 Å². The molecule has 120 valence electrons. The molecule has 6 nitrogen and oxygen atoms in total. The van der Waals surface area contributed by atoms with E-state index in [1.165, 1.54) is 0 Å². The number of fused-ring (bicyclic) bond motifs is 3. The molecule has 0 aliphatic heterocycles. The van der Waals surface area contributed by atoms with Gasteiger partial charge in [0.15, 0.2) is 5.65 Å². The summed E-state index contributed by atoms with van der Waals surface area (Å²) in [6.45, 7) is 3.94. The first-order valence-corrected chi connectivity index (χ1v) is 7.70. The van der Waals surface area contributed by atoms with Crippen molar-refractivity contribution in [3.05, 3.63) is 47.9 Å². The number of phenols is 1. The minimum absolute atomic E-state index is 0.275. The first kappa shape index (κ1) is 14.4. The molecule has 0 radical (unpaired) electrons. The fourth-order valence-electron chi connectivity index (χ4n) is 3.14. The third-order valence-corrected chi connectivity index (χ3v) is 4.40. The summed E-state index contributed by atoms with van der Waals surface area (Å²) in [5, 5.41) is 18.5. The van der Waals surface area contributed by atoms with Crippen molar-refractivity contribution in [3.63, 3.8) is 0 Å². The lowest BCUT2D eigenvalue weighted by Crippen LogP contribution is -1.99. The Kier molecular flexibility index (Phi) is 3.13. The molecular weight excluding hydrogens is 302 g/mol. The van der Waals surface area contributed by atoms with Crippen LogP contribution in [0.1, 0.15) is 11.1 Å². The predicted molar refractivity (Wildman–Crippen MR) is 94.4 cm³/mol. The molecule has 3 heterocycles. The summed E-state index contributed by atoms with van der Waals surface area (Å²) in [5.41, 5.74) is 5.51. The van der Waals surface area contributed by atoms with E-state index in [1.807, 2.05) is 43.7 Å². The molecule has 0 aliphatic carbocycles. The van der Waals surface area contributed by atoms with Crippen LogP contribution in [0, 0.1) is 13.8 Å². The van der Waals surface area contributed by atoms with E-state index in [2.05, 4.69) is 26.4 Å². The van der Waals surface area contributed by atoms with E-state index in [4.69, 9.17) is 0 Å². The van der Waals surface area contributed by atoms with E-state index >= 15 is 0 Å². The molecule has 0 unspecified atom stereocenters. The molecule has 0 spiro atoms. The van der Waals surface area contributed by atoms with Crippen LogP contribution in [-0.4, -0.2) is 31.7 Å². The zero-order valence-corrected chi connectivity index (χ0v) is 13.7. The second-order valence-electron chi connectivity index (χ2n) is 5.83. The molecule has 0 aliphatic rings. The van der Waals surface area contributed by atoms with Gasteiger partial charge in [-0.15, -0.1) is 0 Å². The highest BCUT2D eigenvalue weighted by molar-refractivity contribution is 5.93. The van der Waals surface area contributed by atoms with Crippen LogP contribution in [0.2, 0.25) is 0 Å². The highest BCUT2D eigenvalue weighted by Crippen LogP contribution is 2.36. The van der Waals surface area contributed by atoms with Gasteiger partial charge in [-0.3, -0.25) is 0 Å². The lowest BCUT2D eigenvalue weighted by molar-refractivity contribution is 0.471. The summed E-state index contributed by atoms with van der Waals surface area (Å²) < 4.78 is 1.82. The van der Waals surface area contributed by atoms with Crippen molar-refractivity contribution in [2.24, 2.45) is 0 Å². The number of benzene rings is 1. The predicted octanol–water partition coefficient (Wildman–Crippen LogP) is 3.31. The fourth-order valence-corrected chi connectivity index (χ4v) is 3.14. The lowest BCUT2D eigenvalue weighted by Gasteiger charge is -2.14. The van der Waals surface area contributed by atoms with E-state index < -0.39 is 0 Å². The summed E-state index contributed by atoms with van der Waals surface area (Å²) in [5.74, 6) is 1.05. The average molecular weight is 319 g/mol. The number of hydrogen-bond acceptors (Lipinski definition) is 5. The zero-order valence-electron chi connectivity index (χ0n) is 13.7. The molecule has 0 atom stereocenters. The maximum atomic E-state index is 10.1. The van der Waals surface area contributed by atoms with Gasteiger partial charge in [0.2, 0.25) is 0 Å². The number of nitrogens with one attached hydrogen (secondary N) is 1. The molecule has 0 amide bonds. The third-order valence-electron chi connectivity index (χ3n) is 4.40. The van der Waals surface area contributed by atoms with E-state index in [9.17, 15) is 5.11 Å². The Morgan fingerprint density at radius 2 is 1.96 bits per heavy atom. The monoisotopic (exact) mass is 319 g/mol. The van der Waals surface area contributed by atoms with Gasteiger partial charge in [-0.25, -0.2) is 14.5 Å². The zero-order chi connectivity index (χ0) is 16.8. The molecule has 4 rings (SSSR count). The van der Waals surface area contributed by atoms with Crippen LogP contribution in [-0.2, 0) is 0 Å². The maximum absolute atomic E-state index is 10.1. The van der Waals surface area contributed by atoms with E-state index in [0.717, 1.165) is 44.6 Å². The molecule has 4 aromatic rings. The van der Waals surface area contributed by atoms with E-state index in [0.29, 0.717) is 0 Å². The van der Waals surface area contributed by atoms with Gasteiger partial charge in [0.05, 0.1) is 5.52 Å². The van der Waals surface area contributed by atoms with Crippen molar-refractivity contribution < 1.29 is 5.11 Å². The number of nitrogens with zero attached hydrogens (tertiary/aromatic N) is 4. The number of aromatic hydroxyl groups is 1. The van der Waals surface area contributed by atoms with Crippen LogP contribution < -0.4 is 5.32 Å². The van der Waals surface area contributed by atoms with Crippen LogP contribution in [0.15, 0.2) is 36.8 Å². The van der Waals surface area contributed by atoms with Crippen molar-refractivity contribution in [2.45, 2.75) is 13.8 Å². The fraction of sp³-hybridized carbons (Fsp3) is 0.167. The van der Waals surface area contributed by atoms with Gasteiger partial charge in [-0.05, 0) is 42.7 Å². The number of phenolic OH excluding ortho intramolecular Hbond substituents is 1. The highest BCUT2D eigenvalue weighted by atomic mass is 16.3. The van der Waals surface area contributed by atoms with Gasteiger partial charge in [-0.2, -0.15) is 5.10 Å². The number of hydrogen-bond donors (Lipinski definition) is 2. The minimum atomic E-state index is 0.275. The van der Waals surface area contributed by atoms with Gasteiger partial charge < -0.3 is 10.4 Å². The first-order valence-electron chi connectivity index (χ1n) is 7.70. The normalized spacial score (nSPS) is 11.3. The largest absolute Gasteiger partial charge is 0.508 e. The second-order valence-corrected chi connectivity index (χ2v) is 5.83. The van der Waals surface area contributed by atoms with Gasteiger partial charge in [0.25, 0.3) is 0 Å². The standard InChI is InChI=1S/C18H17N5O/c1-10-4-5-15(24)11(2)17(10)13-6-12-8-20-16(19-3)7-14(12)23-18(13)21-9-22-23/h4-9,24H,1-3H3,(H,19,20). The van der Waals surface area contributed by atoms with E-state index in [-0.39, 0.29) is 5.75 Å². The minimum Gasteiger partial charge on any atom is -0.508 e. The summed E-state index contributed by atoms with van der Waals surface area (Å²) in [6.07, 6.45) is 3.37. The van der Waals surface area contributed by atoms with Gasteiger partial charge in [0, 0.05) is 30.3 Å². The Balaban J connectivity index is 2.13. The Morgan fingerprint density at radius 3 is 2.75 bits per heavy atom. The molecule has 0 saturated carbocycles. The summed E-state index contributed by atoms with van der Waals surface area (Å²) in [6, 6.07) is 7.64. The van der Waals surface area contributed by atoms with Crippen LogP contribution in [0.5, 0.6) is 5.75 Å². The van der Waals surface area contributed by atoms with Crippen molar-refractivity contribution in [1.82, 2.24) is 19.6 Å². The van der Waals surface area contributed by atoms with Crippen molar-refractivity contribution in [2.75, 3.05) is 12.4 Å². The molecular formula is C18H17N5O. The molecule has 1 aromatic carbocycles. The number of pyridine rings is 2. The Labute approximate surface area is 138 Å². The summed E-state index contributed by atoms with van der Waals surface area (Å²) in [7, 11) is 1.83. The van der Waals surface area contributed by atoms with Gasteiger partial charge >= 0.3 is 0 Å².